The first-order chi connectivity index (χ1) is 10.0. The summed E-state index contributed by atoms with van der Waals surface area (Å²) in [5.41, 5.74) is -3.12. The lowest BCUT2D eigenvalue weighted by molar-refractivity contribution is -0.111. The smallest absolute Gasteiger partial charge is 0.266 e. The van der Waals surface area contributed by atoms with E-state index in [0.29, 0.717) is 0 Å². The van der Waals surface area contributed by atoms with Crippen LogP contribution in [0.4, 0.5) is 13.2 Å². The molecule has 124 valence electrons. The molecule has 0 aliphatic carbocycles. The van der Waals surface area contributed by atoms with E-state index < -0.39 is 46.0 Å². The first-order valence-corrected chi connectivity index (χ1v) is 8.23. The number of carbonyl (C=O) groups excluding carboxylic acids is 1. The normalized spacial score (nSPS) is 16.4. The van der Waals surface area contributed by atoms with Gasteiger partial charge in [-0.3, -0.25) is 0 Å². The fraction of sp³-hybridized carbons (Fsp3) is 0.538. The molecule has 0 saturated heterocycles. The zero-order valence-corrected chi connectivity index (χ0v) is 14.6. The summed E-state index contributed by atoms with van der Waals surface area (Å²) >= 11 is 1.03. The van der Waals surface area contributed by atoms with Crippen molar-refractivity contribution in [2.45, 2.75) is 43.9 Å². The van der Waals surface area contributed by atoms with Gasteiger partial charge in [-0.1, -0.05) is 0 Å². The van der Waals surface area contributed by atoms with Crippen molar-refractivity contribution in [2.24, 2.45) is 0 Å². The van der Waals surface area contributed by atoms with Crippen molar-refractivity contribution in [3.05, 3.63) is 28.2 Å². The van der Waals surface area contributed by atoms with Crippen LogP contribution in [0, 0.1) is 5.82 Å². The van der Waals surface area contributed by atoms with E-state index in [2.05, 4.69) is 25.6 Å². The highest BCUT2D eigenvalue weighted by Gasteiger charge is 2.50. The third kappa shape index (κ3) is 4.21. The molecular formula is C13H16BrF3N2O2S. The average Bonchev–Trinajstić information content (AvgIpc) is 2.39. The molecule has 1 aromatic heterocycles. The van der Waals surface area contributed by atoms with Gasteiger partial charge in [0.05, 0.1) is 0 Å². The van der Waals surface area contributed by atoms with Gasteiger partial charge in [-0.05, 0) is 48.8 Å². The maximum atomic E-state index is 14.0. The van der Waals surface area contributed by atoms with Gasteiger partial charge in [-0.25, -0.2) is 18.2 Å². The Hall–Kier alpha value is -0.640. The number of aldehydes is 1. The summed E-state index contributed by atoms with van der Waals surface area (Å²) in [5, 5.41) is 0. The van der Waals surface area contributed by atoms with Gasteiger partial charge in [0, 0.05) is 17.8 Å². The molecule has 1 aromatic rings. The van der Waals surface area contributed by atoms with Gasteiger partial charge in [0.15, 0.2) is 5.54 Å². The molecule has 4 nitrogen and oxygen atoms in total. The Balaban J connectivity index is 3.44. The number of rotatable bonds is 6. The third-order valence-electron chi connectivity index (χ3n) is 2.84. The fourth-order valence-electron chi connectivity index (χ4n) is 1.60. The van der Waals surface area contributed by atoms with Crippen molar-refractivity contribution >= 4 is 33.6 Å². The van der Waals surface area contributed by atoms with Gasteiger partial charge in [-0.2, -0.15) is 0 Å². The molecule has 0 amide bonds. The van der Waals surface area contributed by atoms with Crippen LogP contribution in [0.1, 0.15) is 32.9 Å². The Bertz CT molecular complexity index is 543. The topological polar surface area (TPSA) is 65.0 Å². The minimum atomic E-state index is -3.19. The second kappa shape index (κ2) is 7.29. The van der Waals surface area contributed by atoms with E-state index in [4.69, 9.17) is 0 Å². The van der Waals surface area contributed by atoms with E-state index in [1.54, 1.807) is 20.8 Å². The third-order valence-corrected chi connectivity index (χ3v) is 4.95. The lowest BCUT2D eigenvalue weighted by Crippen LogP contribution is -2.56. The summed E-state index contributed by atoms with van der Waals surface area (Å²) in [7, 11) is 0. The summed E-state index contributed by atoms with van der Waals surface area (Å²) in [4.78, 5) is 14.6. The monoisotopic (exact) mass is 400 g/mol. The van der Waals surface area contributed by atoms with Gasteiger partial charge >= 0.3 is 0 Å². The molecule has 0 aliphatic rings. The number of pyridine rings is 1. The molecule has 0 bridgehead atoms. The second-order valence-corrected chi connectivity index (χ2v) is 8.37. The average molecular weight is 401 g/mol. The van der Waals surface area contributed by atoms with Crippen molar-refractivity contribution in [3.63, 3.8) is 0 Å². The largest absolute Gasteiger partial charge is 0.598 e. The first kappa shape index (κ1) is 19.4. The molecule has 0 fully saturated rings. The van der Waals surface area contributed by atoms with E-state index in [1.807, 2.05) is 0 Å². The van der Waals surface area contributed by atoms with E-state index >= 15 is 0 Å². The summed E-state index contributed by atoms with van der Waals surface area (Å²) in [6.45, 7) is 4.70. The maximum Gasteiger partial charge on any atom is 0.266 e. The molecule has 0 saturated carbocycles. The van der Waals surface area contributed by atoms with Crippen molar-refractivity contribution in [2.75, 3.05) is 0 Å². The van der Waals surface area contributed by atoms with Gasteiger partial charge in [-0.15, -0.1) is 4.72 Å². The SMILES string of the molecule is CC(C)(C)[S@@+]([O-])N[C@@](CC=O)(c1nc(Br)ccc1F)C(F)F. The minimum absolute atomic E-state index is 0.128. The second-order valence-electron chi connectivity index (χ2n) is 5.59. The lowest BCUT2D eigenvalue weighted by Gasteiger charge is -2.35. The van der Waals surface area contributed by atoms with Gasteiger partial charge in [0.25, 0.3) is 6.43 Å². The molecule has 0 radical (unpaired) electrons. The van der Waals surface area contributed by atoms with E-state index in [-0.39, 0.29) is 10.9 Å². The fourth-order valence-corrected chi connectivity index (χ4v) is 2.82. The number of alkyl halides is 2. The number of carbonyl (C=O) groups is 1. The minimum Gasteiger partial charge on any atom is -0.598 e. The first-order valence-electron chi connectivity index (χ1n) is 6.28. The zero-order valence-electron chi connectivity index (χ0n) is 12.2. The predicted molar refractivity (Wildman–Crippen MR) is 81.3 cm³/mol. The van der Waals surface area contributed by atoms with Crippen LogP contribution in [0.5, 0.6) is 0 Å². The quantitative estimate of drug-likeness (QED) is 0.452. The van der Waals surface area contributed by atoms with Crippen LogP contribution in [0.2, 0.25) is 0 Å². The van der Waals surface area contributed by atoms with Crippen LogP contribution in [0.25, 0.3) is 0 Å². The molecule has 2 atom stereocenters. The van der Waals surface area contributed by atoms with Crippen LogP contribution in [-0.4, -0.2) is 27.0 Å². The molecule has 22 heavy (non-hydrogen) atoms. The Morgan fingerprint density at radius 3 is 2.50 bits per heavy atom. The predicted octanol–water partition coefficient (Wildman–Crippen LogP) is 3.08. The van der Waals surface area contributed by atoms with Crippen molar-refractivity contribution in [3.8, 4) is 0 Å². The Morgan fingerprint density at radius 2 is 2.05 bits per heavy atom. The van der Waals surface area contributed by atoms with E-state index in [0.717, 1.165) is 6.07 Å². The summed E-state index contributed by atoms with van der Waals surface area (Å²) in [6.07, 6.45) is -3.74. The molecular weight excluding hydrogens is 385 g/mol. The Labute approximate surface area is 138 Å². The molecule has 0 aromatic carbocycles. The summed E-state index contributed by atoms with van der Waals surface area (Å²) in [6, 6.07) is 2.20. The van der Waals surface area contributed by atoms with Crippen LogP contribution < -0.4 is 4.72 Å². The molecule has 0 aliphatic heterocycles. The molecule has 9 heteroatoms. The highest BCUT2D eigenvalue weighted by molar-refractivity contribution is 9.10. The standard InChI is InChI=1S/C13H16BrF3N2O2S/c1-12(2,3)22(21)19-13(6-7-20,11(16)17)10-8(15)4-5-9(14)18-10/h4-5,7,11,19H,6H2,1-3H3/t13-,22+/m0/s1. The van der Waals surface area contributed by atoms with Gasteiger partial charge in [0.1, 0.15) is 27.1 Å². The molecule has 1 N–H and O–H groups in total. The van der Waals surface area contributed by atoms with Gasteiger partial charge in [0.2, 0.25) is 0 Å². The number of hydrogen-bond donors (Lipinski definition) is 1. The van der Waals surface area contributed by atoms with E-state index in [9.17, 15) is 22.5 Å². The number of nitrogens with one attached hydrogen (secondary N) is 1. The summed E-state index contributed by atoms with van der Waals surface area (Å²) < 4.78 is 55.1. The van der Waals surface area contributed by atoms with Gasteiger partial charge < -0.3 is 9.35 Å². The van der Waals surface area contributed by atoms with E-state index in [1.165, 1.54) is 6.07 Å². The van der Waals surface area contributed by atoms with Crippen molar-refractivity contribution < 1.29 is 22.5 Å². The number of hydrogen-bond acceptors (Lipinski definition) is 4. The number of nitrogens with zero attached hydrogens (tertiary/aromatic N) is 1. The summed E-state index contributed by atoms with van der Waals surface area (Å²) in [5.74, 6) is -1.01. The number of aromatic nitrogens is 1. The highest BCUT2D eigenvalue weighted by Crippen LogP contribution is 2.35. The molecule has 0 unspecified atom stereocenters. The van der Waals surface area contributed by atoms with Crippen LogP contribution in [0.15, 0.2) is 16.7 Å². The number of halogens is 4. The lowest BCUT2D eigenvalue weighted by atomic mass is 9.92. The molecule has 1 heterocycles. The molecule has 1 rings (SSSR count). The maximum absolute atomic E-state index is 14.0. The Kier molecular flexibility index (Phi) is 6.43. The van der Waals surface area contributed by atoms with Crippen LogP contribution in [0.3, 0.4) is 0 Å². The molecule has 0 spiro atoms. The van der Waals surface area contributed by atoms with Crippen LogP contribution in [-0.2, 0) is 21.7 Å². The Morgan fingerprint density at radius 1 is 1.45 bits per heavy atom. The van der Waals surface area contributed by atoms with Crippen LogP contribution >= 0.6 is 15.9 Å². The zero-order chi connectivity index (χ0) is 17.1. The van der Waals surface area contributed by atoms with Crippen molar-refractivity contribution in [1.29, 1.82) is 0 Å². The highest BCUT2D eigenvalue weighted by atomic mass is 79.9. The van der Waals surface area contributed by atoms with Crippen molar-refractivity contribution in [1.82, 2.24) is 9.71 Å².